The molecule has 1 saturated heterocycles. The van der Waals surface area contributed by atoms with Crippen molar-refractivity contribution < 1.29 is 23.5 Å². The first-order valence-electron chi connectivity index (χ1n) is 12.4. The number of anilines is 2. The Hall–Kier alpha value is -4.98. The topological polar surface area (TPSA) is 87.7 Å². The number of carbonyl (C=O) groups excluding carboxylic acids is 3. The lowest BCUT2D eigenvalue weighted by Gasteiger charge is -2.24. The molecule has 196 valence electrons. The van der Waals surface area contributed by atoms with Crippen LogP contribution in [-0.4, -0.2) is 28.8 Å². The van der Waals surface area contributed by atoms with Crippen molar-refractivity contribution in [2.75, 3.05) is 10.6 Å². The van der Waals surface area contributed by atoms with Gasteiger partial charge in [0.2, 0.25) is 0 Å². The number of nitrogens with zero attached hydrogens (tertiary/aromatic N) is 1. The van der Waals surface area contributed by atoms with E-state index in [1.54, 1.807) is 36.4 Å². The highest BCUT2D eigenvalue weighted by Crippen LogP contribution is 2.35. The molecule has 2 atom stereocenters. The van der Waals surface area contributed by atoms with Crippen LogP contribution >= 0.6 is 0 Å². The molecule has 5 rings (SSSR count). The van der Waals surface area contributed by atoms with Gasteiger partial charge in [-0.1, -0.05) is 60.2 Å². The number of amides is 3. The summed E-state index contributed by atoms with van der Waals surface area (Å²) < 4.78 is 19.1. The first kappa shape index (κ1) is 25.7. The van der Waals surface area contributed by atoms with Crippen LogP contribution in [-0.2, 0) is 16.1 Å². The molecule has 0 aromatic heterocycles. The third-order valence-electron chi connectivity index (χ3n) is 6.41. The Morgan fingerprint density at radius 1 is 0.846 bits per heavy atom. The van der Waals surface area contributed by atoms with Gasteiger partial charge in [0.05, 0.1) is 6.54 Å². The van der Waals surface area contributed by atoms with Gasteiger partial charge in [0.1, 0.15) is 5.82 Å². The fourth-order valence-corrected chi connectivity index (χ4v) is 4.52. The van der Waals surface area contributed by atoms with Gasteiger partial charge in [0, 0.05) is 16.9 Å². The second kappa shape index (κ2) is 11.2. The minimum atomic E-state index is -1.02. The number of aryl methyl sites for hydroxylation is 1. The maximum absolute atomic E-state index is 13.6. The summed E-state index contributed by atoms with van der Waals surface area (Å²) in [7, 11) is 0. The number of hydrogen-bond acceptors (Lipinski definition) is 4. The molecule has 0 saturated carbocycles. The fourth-order valence-electron chi connectivity index (χ4n) is 4.52. The molecule has 2 N–H and O–H groups in total. The quantitative estimate of drug-likeness (QED) is 0.307. The number of carbonyl (C=O) groups is 3. The van der Waals surface area contributed by atoms with Crippen LogP contribution in [0.15, 0.2) is 103 Å². The number of ether oxygens (including phenoxy) is 1. The highest BCUT2D eigenvalue weighted by Gasteiger charge is 2.47. The average Bonchev–Trinajstić information content (AvgIpc) is 3.26. The first-order valence-corrected chi connectivity index (χ1v) is 12.4. The molecule has 4 aromatic carbocycles. The van der Waals surface area contributed by atoms with E-state index in [9.17, 15) is 18.8 Å². The summed E-state index contributed by atoms with van der Waals surface area (Å²) in [4.78, 5) is 40.8. The summed E-state index contributed by atoms with van der Waals surface area (Å²) in [6.45, 7) is 2.06. The molecule has 7 nitrogen and oxygen atoms in total. The second-order valence-corrected chi connectivity index (χ2v) is 9.31. The van der Waals surface area contributed by atoms with Crippen molar-refractivity contribution in [1.82, 2.24) is 4.90 Å². The lowest BCUT2D eigenvalue weighted by molar-refractivity contribution is -0.121. The van der Waals surface area contributed by atoms with Crippen LogP contribution in [0, 0.1) is 12.7 Å². The summed E-state index contributed by atoms with van der Waals surface area (Å²) >= 11 is 0. The molecule has 0 radical (unpaired) electrons. The molecular weight excluding hydrogens is 497 g/mol. The minimum absolute atomic E-state index is 0.154. The predicted octanol–water partition coefficient (Wildman–Crippen LogP) is 6.09. The Morgan fingerprint density at radius 2 is 1.59 bits per heavy atom. The number of nitrogens with one attached hydrogen (secondary N) is 2. The van der Waals surface area contributed by atoms with E-state index in [2.05, 4.69) is 10.6 Å². The Kier molecular flexibility index (Phi) is 7.36. The van der Waals surface area contributed by atoms with Gasteiger partial charge in [-0.05, 0) is 66.6 Å². The summed E-state index contributed by atoms with van der Waals surface area (Å²) in [5.74, 6) is -1.20. The molecule has 0 spiro atoms. The molecule has 39 heavy (non-hydrogen) atoms. The predicted molar refractivity (Wildman–Crippen MR) is 146 cm³/mol. The maximum atomic E-state index is 13.6. The zero-order valence-corrected chi connectivity index (χ0v) is 21.1. The van der Waals surface area contributed by atoms with Gasteiger partial charge >= 0.3 is 6.09 Å². The number of halogens is 1. The zero-order chi connectivity index (χ0) is 27.4. The smallest absolute Gasteiger partial charge is 0.411 e. The summed E-state index contributed by atoms with van der Waals surface area (Å²) in [5.41, 5.74) is 3.72. The Labute approximate surface area is 225 Å². The minimum Gasteiger partial charge on any atom is -0.438 e. The van der Waals surface area contributed by atoms with Crippen LogP contribution in [0.4, 0.5) is 20.6 Å². The molecule has 8 heteroatoms. The lowest BCUT2D eigenvalue weighted by atomic mass is 10.00. The van der Waals surface area contributed by atoms with E-state index in [-0.39, 0.29) is 12.5 Å². The Morgan fingerprint density at radius 3 is 2.33 bits per heavy atom. The van der Waals surface area contributed by atoms with E-state index in [1.165, 1.54) is 29.2 Å². The van der Waals surface area contributed by atoms with Gasteiger partial charge in [-0.25, -0.2) is 9.18 Å². The molecule has 1 fully saturated rings. The van der Waals surface area contributed by atoms with Crippen molar-refractivity contribution in [3.8, 4) is 0 Å². The van der Waals surface area contributed by atoms with Gasteiger partial charge in [0.15, 0.2) is 12.1 Å². The molecule has 1 heterocycles. The third-order valence-corrected chi connectivity index (χ3v) is 6.41. The third kappa shape index (κ3) is 5.96. The highest BCUT2D eigenvalue weighted by atomic mass is 19.1. The number of rotatable bonds is 7. The fraction of sp³-hybridized carbons (Fsp3) is 0.129. The van der Waals surface area contributed by atoms with Crippen molar-refractivity contribution in [3.05, 3.63) is 131 Å². The molecule has 0 bridgehead atoms. The van der Waals surface area contributed by atoms with E-state index in [0.29, 0.717) is 22.5 Å². The monoisotopic (exact) mass is 523 g/mol. The van der Waals surface area contributed by atoms with Gasteiger partial charge < -0.3 is 15.4 Å². The van der Waals surface area contributed by atoms with E-state index < -0.39 is 30.0 Å². The number of benzene rings is 4. The second-order valence-electron chi connectivity index (χ2n) is 9.31. The van der Waals surface area contributed by atoms with Gasteiger partial charge in [-0.15, -0.1) is 0 Å². The largest absolute Gasteiger partial charge is 0.438 e. The molecule has 2 unspecified atom stereocenters. The van der Waals surface area contributed by atoms with Crippen molar-refractivity contribution in [1.29, 1.82) is 0 Å². The first-order chi connectivity index (χ1) is 18.9. The van der Waals surface area contributed by atoms with Crippen molar-refractivity contribution >= 4 is 29.3 Å². The zero-order valence-electron chi connectivity index (χ0n) is 21.1. The standard InChI is InChI=1S/C31H26FN3O4/c1-20-7-5-11-23(17-20)29(36)34-26-12-6-10-22(18-26)28-27(30(37)33-25-15-13-24(32)14-16-25)35(31(38)39-28)19-21-8-3-2-4-9-21/h2-18,27-28H,19H2,1H3,(H,33,37)(H,34,36). The van der Waals surface area contributed by atoms with Crippen LogP contribution in [0.5, 0.6) is 0 Å². The van der Waals surface area contributed by atoms with Gasteiger partial charge in [0.25, 0.3) is 11.8 Å². The van der Waals surface area contributed by atoms with E-state index in [1.807, 2.05) is 49.4 Å². The van der Waals surface area contributed by atoms with Crippen LogP contribution in [0.2, 0.25) is 0 Å². The lowest BCUT2D eigenvalue weighted by Crippen LogP contribution is -2.43. The van der Waals surface area contributed by atoms with Gasteiger partial charge in [-0.2, -0.15) is 0 Å². The Bertz CT molecular complexity index is 1510. The van der Waals surface area contributed by atoms with Crippen molar-refractivity contribution in [2.45, 2.75) is 25.6 Å². The SMILES string of the molecule is Cc1cccc(C(=O)Nc2cccc(C3OC(=O)N(Cc4ccccc4)C3C(=O)Nc3ccc(F)cc3)c2)c1. The van der Waals surface area contributed by atoms with Crippen molar-refractivity contribution in [2.24, 2.45) is 0 Å². The van der Waals surface area contributed by atoms with Crippen LogP contribution in [0.1, 0.15) is 33.2 Å². The number of cyclic esters (lactones) is 1. The van der Waals surface area contributed by atoms with E-state index in [0.717, 1.165) is 11.1 Å². The van der Waals surface area contributed by atoms with Crippen LogP contribution < -0.4 is 10.6 Å². The van der Waals surface area contributed by atoms with Crippen LogP contribution in [0.25, 0.3) is 0 Å². The summed E-state index contributed by atoms with van der Waals surface area (Å²) in [6, 6.07) is 27.7. The van der Waals surface area contributed by atoms with E-state index >= 15 is 0 Å². The molecule has 3 amide bonds. The highest BCUT2D eigenvalue weighted by molar-refractivity contribution is 6.04. The van der Waals surface area contributed by atoms with Crippen molar-refractivity contribution in [3.63, 3.8) is 0 Å². The molecule has 0 aliphatic carbocycles. The van der Waals surface area contributed by atoms with E-state index in [4.69, 9.17) is 4.74 Å². The maximum Gasteiger partial charge on any atom is 0.411 e. The Balaban J connectivity index is 1.43. The van der Waals surface area contributed by atoms with Gasteiger partial charge in [-0.3, -0.25) is 14.5 Å². The summed E-state index contributed by atoms with van der Waals surface area (Å²) in [5, 5.41) is 5.64. The molecule has 1 aliphatic rings. The normalized spacial score (nSPS) is 16.5. The van der Waals surface area contributed by atoms with Crippen LogP contribution in [0.3, 0.4) is 0 Å². The molecule has 1 aliphatic heterocycles. The molecular formula is C31H26FN3O4. The molecule has 4 aromatic rings. The summed E-state index contributed by atoms with van der Waals surface area (Å²) in [6.07, 6.45) is -1.59. The number of hydrogen-bond donors (Lipinski definition) is 2. The average molecular weight is 524 g/mol.